The number of hydrogen-bond acceptors (Lipinski definition) is 2. The summed E-state index contributed by atoms with van der Waals surface area (Å²) in [6.07, 6.45) is 2.38. The molecule has 1 saturated carbocycles. The quantitative estimate of drug-likeness (QED) is 0.821. The van der Waals surface area contributed by atoms with E-state index < -0.39 is 0 Å². The average Bonchev–Trinajstić information content (AvgIpc) is 3.12. The van der Waals surface area contributed by atoms with Gasteiger partial charge in [0.1, 0.15) is 11.6 Å². The molecule has 0 aliphatic heterocycles. The van der Waals surface area contributed by atoms with Crippen LogP contribution in [0.5, 0.6) is 5.75 Å². The van der Waals surface area contributed by atoms with E-state index in [-0.39, 0.29) is 11.8 Å². The molecule has 1 amide bonds. The molecule has 3 nitrogen and oxygen atoms in total. The number of benzene rings is 1. The van der Waals surface area contributed by atoms with Crippen LogP contribution < -0.4 is 10.1 Å². The van der Waals surface area contributed by atoms with E-state index in [1.807, 2.05) is 18.2 Å². The highest BCUT2D eigenvalue weighted by atomic mass is 35.5. The van der Waals surface area contributed by atoms with Crippen molar-refractivity contribution in [2.45, 2.75) is 18.8 Å². The smallest absolute Gasteiger partial charge is 0.239 e. The van der Waals surface area contributed by atoms with Crippen LogP contribution in [-0.2, 0) is 4.79 Å². The fourth-order valence-electron chi connectivity index (χ4n) is 1.70. The summed E-state index contributed by atoms with van der Waals surface area (Å²) in [5.74, 6) is 1.11. The lowest BCUT2D eigenvalue weighted by molar-refractivity contribution is -0.113. The molecular formula is C12H14ClNO2. The third kappa shape index (κ3) is 2.47. The summed E-state index contributed by atoms with van der Waals surface area (Å²) in [7, 11) is 1.61. The van der Waals surface area contributed by atoms with Crippen LogP contribution in [0.1, 0.15) is 24.3 Å². The Morgan fingerprint density at radius 3 is 2.88 bits per heavy atom. The number of alkyl halides is 1. The maximum Gasteiger partial charge on any atom is 0.239 e. The number of carbonyl (C=O) groups excluding carboxylic acids is 1. The van der Waals surface area contributed by atoms with Crippen molar-refractivity contribution in [3.05, 3.63) is 23.8 Å². The molecule has 0 saturated heterocycles. The minimum absolute atomic E-state index is 0.0265. The molecule has 0 atom stereocenters. The van der Waals surface area contributed by atoms with Crippen molar-refractivity contribution in [3.63, 3.8) is 0 Å². The SMILES string of the molecule is COc1ccc(C2CC2)c(NC(=O)CCl)c1. The molecule has 0 bridgehead atoms. The van der Waals surface area contributed by atoms with Crippen LogP contribution in [0, 0.1) is 0 Å². The summed E-state index contributed by atoms with van der Waals surface area (Å²) in [5, 5.41) is 2.81. The first-order chi connectivity index (χ1) is 7.74. The van der Waals surface area contributed by atoms with Crippen LogP contribution in [0.4, 0.5) is 5.69 Å². The highest BCUT2D eigenvalue weighted by Crippen LogP contribution is 2.44. The molecule has 1 aliphatic carbocycles. The van der Waals surface area contributed by atoms with Gasteiger partial charge in [-0.3, -0.25) is 4.79 Å². The average molecular weight is 240 g/mol. The molecule has 2 rings (SSSR count). The Morgan fingerprint density at radius 2 is 2.31 bits per heavy atom. The second kappa shape index (κ2) is 4.74. The van der Waals surface area contributed by atoms with E-state index in [4.69, 9.17) is 16.3 Å². The fraction of sp³-hybridized carbons (Fsp3) is 0.417. The van der Waals surface area contributed by atoms with Crippen LogP contribution in [0.3, 0.4) is 0 Å². The molecule has 86 valence electrons. The molecule has 1 aliphatic rings. The summed E-state index contributed by atoms with van der Waals surface area (Å²) in [6, 6.07) is 5.78. The minimum atomic E-state index is -0.184. The molecule has 1 aromatic rings. The molecule has 0 heterocycles. The first-order valence-electron chi connectivity index (χ1n) is 5.28. The molecule has 0 unspecified atom stereocenters. The van der Waals surface area contributed by atoms with Crippen LogP contribution in [0.15, 0.2) is 18.2 Å². The van der Waals surface area contributed by atoms with Gasteiger partial charge in [-0.1, -0.05) is 6.07 Å². The van der Waals surface area contributed by atoms with E-state index in [2.05, 4.69) is 5.32 Å². The van der Waals surface area contributed by atoms with Crippen molar-refractivity contribution in [2.75, 3.05) is 18.3 Å². The van der Waals surface area contributed by atoms with Crippen molar-refractivity contribution >= 4 is 23.2 Å². The Labute approximate surface area is 99.7 Å². The van der Waals surface area contributed by atoms with E-state index in [1.54, 1.807) is 7.11 Å². The number of methoxy groups -OCH3 is 1. The van der Waals surface area contributed by atoms with Crippen molar-refractivity contribution in [1.82, 2.24) is 0 Å². The van der Waals surface area contributed by atoms with E-state index in [9.17, 15) is 4.79 Å². The lowest BCUT2D eigenvalue weighted by atomic mass is 10.1. The van der Waals surface area contributed by atoms with Gasteiger partial charge in [0.15, 0.2) is 0 Å². The second-order valence-corrected chi connectivity index (χ2v) is 4.18. The highest BCUT2D eigenvalue weighted by Gasteiger charge is 2.26. The van der Waals surface area contributed by atoms with Crippen LogP contribution in [0.25, 0.3) is 0 Å². The van der Waals surface area contributed by atoms with Crippen molar-refractivity contribution < 1.29 is 9.53 Å². The maximum atomic E-state index is 11.3. The number of rotatable bonds is 4. The van der Waals surface area contributed by atoms with Gasteiger partial charge in [0, 0.05) is 11.8 Å². The topological polar surface area (TPSA) is 38.3 Å². The molecule has 0 spiro atoms. The van der Waals surface area contributed by atoms with E-state index in [0.717, 1.165) is 11.4 Å². The van der Waals surface area contributed by atoms with Gasteiger partial charge in [-0.2, -0.15) is 0 Å². The normalized spacial score (nSPS) is 14.6. The van der Waals surface area contributed by atoms with Crippen molar-refractivity contribution in [3.8, 4) is 5.75 Å². The third-order valence-electron chi connectivity index (χ3n) is 2.67. The number of halogens is 1. The monoisotopic (exact) mass is 239 g/mol. The second-order valence-electron chi connectivity index (χ2n) is 3.91. The van der Waals surface area contributed by atoms with Gasteiger partial charge >= 0.3 is 0 Å². The Balaban J connectivity index is 2.26. The summed E-state index contributed by atoms with van der Waals surface area (Å²) in [6.45, 7) is 0. The number of ether oxygens (including phenoxy) is 1. The lowest BCUT2D eigenvalue weighted by Gasteiger charge is -2.11. The summed E-state index contributed by atoms with van der Waals surface area (Å²) in [4.78, 5) is 11.3. The minimum Gasteiger partial charge on any atom is -0.497 e. The largest absolute Gasteiger partial charge is 0.497 e. The summed E-state index contributed by atoms with van der Waals surface area (Å²) >= 11 is 5.48. The number of nitrogens with one attached hydrogen (secondary N) is 1. The molecule has 1 fully saturated rings. The van der Waals surface area contributed by atoms with Gasteiger partial charge < -0.3 is 10.1 Å². The van der Waals surface area contributed by atoms with Gasteiger partial charge in [-0.15, -0.1) is 11.6 Å². The highest BCUT2D eigenvalue weighted by molar-refractivity contribution is 6.29. The molecule has 1 N–H and O–H groups in total. The van der Waals surface area contributed by atoms with Crippen molar-refractivity contribution in [2.24, 2.45) is 0 Å². The molecule has 16 heavy (non-hydrogen) atoms. The molecule has 1 aromatic carbocycles. The van der Waals surface area contributed by atoms with Gasteiger partial charge in [0.05, 0.1) is 7.11 Å². The van der Waals surface area contributed by atoms with Gasteiger partial charge in [-0.05, 0) is 30.4 Å². The lowest BCUT2D eigenvalue weighted by Crippen LogP contribution is -2.13. The van der Waals surface area contributed by atoms with Gasteiger partial charge in [-0.25, -0.2) is 0 Å². The predicted octanol–water partition coefficient (Wildman–Crippen LogP) is 2.75. The molecule has 0 aromatic heterocycles. The van der Waals surface area contributed by atoms with Gasteiger partial charge in [0.25, 0.3) is 0 Å². The zero-order valence-electron chi connectivity index (χ0n) is 9.13. The van der Waals surface area contributed by atoms with Crippen LogP contribution in [0.2, 0.25) is 0 Å². The molecule has 0 radical (unpaired) electrons. The van der Waals surface area contributed by atoms with Gasteiger partial charge in [0.2, 0.25) is 5.91 Å². The van der Waals surface area contributed by atoms with E-state index in [0.29, 0.717) is 5.92 Å². The standard InChI is InChI=1S/C12H14ClNO2/c1-16-9-4-5-10(8-2-3-8)11(6-9)14-12(15)7-13/h4-6,8H,2-3,7H2,1H3,(H,14,15). The van der Waals surface area contributed by atoms with Crippen molar-refractivity contribution in [1.29, 1.82) is 0 Å². The summed E-state index contributed by atoms with van der Waals surface area (Å²) < 4.78 is 5.14. The van der Waals surface area contributed by atoms with E-state index in [1.165, 1.54) is 18.4 Å². The van der Waals surface area contributed by atoms with Crippen LogP contribution in [-0.4, -0.2) is 18.9 Å². The molecular weight excluding hydrogens is 226 g/mol. The Morgan fingerprint density at radius 1 is 1.56 bits per heavy atom. The third-order valence-corrected chi connectivity index (χ3v) is 2.92. The Bertz CT molecular complexity index is 402. The van der Waals surface area contributed by atoms with E-state index >= 15 is 0 Å². The predicted molar refractivity (Wildman–Crippen MR) is 64.3 cm³/mol. The molecule has 4 heteroatoms. The Hall–Kier alpha value is -1.22. The number of amides is 1. The number of hydrogen-bond donors (Lipinski definition) is 1. The summed E-state index contributed by atoms with van der Waals surface area (Å²) in [5.41, 5.74) is 2.01. The number of carbonyl (C=O) groups is 1. The zero-order chi connectivity index (χ0) is 11.5. The number of anilines is 1. The maximum absolute atomic E-state index is 11.3. The fourth-order valence-corrected chi connectivity index (χ4v) is 1.77. The first-order valence-corrected chi connectivity index (χ1v) is 5.82. The Kier molecular flexibility index (Phi) is 3.34. The zero-order valence-corrected chi connectivity index (χ0v) is 9.88. The first kappa shape index (κ1) is 11.3. The van der Waals surface area contributed by atoms with Crippen LogP contribution >= 0.6 is 11.6 Å².